The molecule has 1 aliphatic heterocycles. The van der Waals surface area contributed by atoms with E-state index >= 15 is 0 Å². The smallest absolute Gasteiger partial charge is 0.434 e. The number of rotatable bonds is 1. The topological polar surface area (TPSA) is 55.8 Å². The van der Waals surface area contributed by atoms with E-state index in [1.807, 2.05) is 6.92 Å². The fourth-order valence-corrected chi connectivity index (χ4v) is 0.798. The maximum absolute atomic E-state index is 10.4. The average molecular weight is 146 g/mol. The number of hydrogen-bond donors (Lipinski definition) is 1. The lowest BCUT2D eigenvalue weighted by Gasteiger charge is -2.26. The van der Waals surface area contributed by atoms with Crippen LogP contribution >= 0.6 is 0 Å². The van der Waals surface area contributed by atoms with Gasteiger partial charge in [-0.15, -0.1) is 0 Å². The summed E-state index contributed by atoms with van der Waals surface area (Å²) in [5.74, 6) is 0.0858. The summed E-state index contributed by atoms with van der Waals surface area (Å²) in [4.78, 5) is 10.4. The highest BCUT2D eigenvalue weighted by atomic mass is 16.7. The van der Waals surface area contributed by atoms with Crippen molar-refractivity contribution >= 4 is 6.16 Å². The van der Waals surface area contributed by atoms with Gasteiger partial charge < -0.3 is 14.6 Å². The molecule has 1 rings (SSSR count). The van der Waals surface area contributed by atoms with E-state index in [0.717, 1.165) is 0 Å². The Morgan fingerprint density at radius 1 is 1.80 bits per heavy atom. The Balaban J connectivity index is 2.45. The van der Waals surface area contributed by atoms with Crippen LogP contribution in [0.5, 0.6) is 0 Å². The summed E-state index contributed by atoms with van der Waals surface area (Å²) >= 11 is 0. The van der Waals surface area contributed by atoms with Crippen molar-refractivity contribution in [3.05, 3.63) is 0 Å². The van der Waals surface area contributed by atoms with Crippen LogP contribution in [0.4, 0.5) is 4.79 Å². The molecule has 1 saturated heterocycles. The molecule has 10 heavy (non-hydrogen) atoms. The Bertz CT molecular complexity index is 134. The Morgan fingerprint density at radius 3 is 3.00 bits per heavy atom. The van der Waals surface area contributed by atoms with Gasteiger partial charge in [-0.3, -0.25) is 0 Å². The number of aliphatic hydroxyl groups excluding tert-OH is 1. The molecule has 0 amide bonds. The largest absolute Gasteiger partial charge is 0.508 e. The number of cyclic esters (lactones) is 2. The molecule has 0 saturated carbocycles. The highest BCUT2D eigenvalue weighted by molar-refractivity contribution is 5.60. The van der Waals surface area contributed by atoms with Crippen LogP contribution in [-0.2, 0) is 9.47 Å². The van der Waals surface area contributed by atoms with Crippen LogP contribution in [0, 0.1) is 5.92 Å². The van der Waals surface area contributed by atoms with Gasteiger partial charge in [-0.25, -0.2) is 4.79 Å². The number of aliphatic hydroxyl groups is 1. The molecule has 1 fully saturated rings. The third-order valence-electron chi connectivity index (χ3n) is 1.53. The van der Waals surface area contributed by atoms with Crippen LogP contribution in [0.1, 0.15) is 6.92 Å². The molecule has 0 radical (unpaired) electrons. The van der Waals surface area contributed by atoms with Crippen molar-refractivity contribution in [3.8, 4) is 0 Å². The molecule has 4 heteroatoms. The van der Waals surface area contributed by atoms with Gasteiger partial charge in [0.15, 0.2) is 0 Å². The van der Waals surface area contributed by atoms with E-state index in [9.17, 15) is 4.79 Å². The van der Waals surface area contributed by atoms with E-state index in [4.69, 9.17) is 5.11 Å². The van der Waals surface area contributed by atoms with E-state index in [1.165, 1.54) is 0 Å². The average Bonchev–Trinajstić information content (AvgIpc) is 1.94. The highest BCUT2D eigenvalue weighted by Crippen LogP contribution is 2.13. The van der Waals surface area contributed by atoms with Gasteiger partial charge in [-0.1, -0.05) is 6.92 Å². The summed E-state index contributed by atoms with van der Waals surface area (Å²) in [6.45, 7) is 2.06. The predicted molar refractivity (Wildman–Crippen MR) is 32.5 cm³/mol. The van der Waals surface area contributed by atoms with E-state index in [-0.39, 0.29) is 18.6 Å². The van der Waals surface area contributed by atoms with E-state index < -0.39 is 6.16 Å². The lowest BCUT2D eigenvalue weighted by atomic mass is 10.1. The molecule has 1 N–H and O–H groups in total. The van der Waals surface area contributed by atoms with Gasteiger partial charge in [0, 0.05) is 5.92 Å². The summed E-state index contributed by atoms with van der Waals surface area (Å²) in [7, 11) is 0. The molecule has 2 unspecified atom stereocenters. The SMILES string of the molecule is CC1COC(=O)OC1CO. The molecule has 0 aliphatic carbocycles. The van der Waals surface area contributed by atoms with Gasteiger partial charge in [0.05, 0.1) is 6.61 Å². The second-order valence-corrected chi connectivity index (χ2v) is 2.38. The van der Waals surface area contributed by atoms with E-state index in [1.54, 1.807) is 0 Å². The summed E-state index contributed by atoms with van der Waals surface area (Å²) in [5, 5.41) is 8.65. The maximum Gasteiger partial charge on any atom is 0.508 e. The lowest BCUT2D eigenvalue weighted by molar-refractivity contribution is -0.0713. The van der Waals surface area contributed by atoms with Crippen LogP contribution < -0.4 is 0 Å². The molecule has 2 atom stereocenters. The molecule has 1 aliphatic rings. The van der Waals surface area contributed by atoms with Gasteiger partial charge >= 0.3 is 6.16 Å². The summed E-state index contributed by atoms with van der Waals surface area (Å²) in [5.41, 5.74) is 0. The number of ether oxygens (including phenoxy) is 2. The lowest BCUT2D eigenvalue weighted by Crippen LogP contribution is -2.37. The quantitative estimate of drug-likeness (QED) is 0.535. The fraction of sp³-hybridized carbons (Fsp3) is 0.833. The number of carbonyl (C=O) groups is 1. The first-order valence-electron chi connectivity index (χ1n) is 3.18. The molecule has 0 aromatic carbocycles. The van der Waals surface area contributed by atoms with Crippen LogP contribution in [0.3, 0.4) is 0 Å². The minimum absolute atomic E-state index is 0.0858. The zero-order valence-corrected chi connectivity index (χ0v) is 5.74. The van der Waals surface area contributed by atoms with Gasteiger partial charge in [0.1, 0.15) is 12.7 Å². The molecule has 0 spiro atoms. The first kappa shape index (κ1) is 7.34. The Hall–Kier alpha value is -0.770. The van der Waals surface area contributed by atoms with Crippen molar-refractivity contribution in [2.75, 3.05) is 13.2 Å². The van der Waals surface area contributed by atoms with E-state index in [2.05, 4.69) is 9.47 Å². The van der Waals surface area contributed by atoms with Gasteiger partial charge in [0.25, 0.3) is 0 Å². The van der Waals surface area contributed by atoms with Crippen LogP contribution in [0.2, 0.25) is 0 Å². The second-order valence-electron chi connectivity index (χ2n) is 2.38. The second kappa shape index (κ2) is 2.88. The van der Waals surface area contributed by atoms with Crippen molar-refractivity contribution < 1.29 is 19.4 Å². The van der Waals surface area contributed by atoms with Crippen LogP contribution in [-0.4, -0.2) is 30.6 Å². The first-order chi connectivity index (χ1) is 4.74. The zero-order valence-electron chi connectivity index (χ0n) is 5.74. The molecule has 58 valence electrons. The minimum atomic E-state index is -0.683. The first-order valence-corrected chi connectivity index (χ1v) is 3.18. The predicted octanol–water partition coefficient (Wildman–Crippen LogP) is 0.150. The molecule has 0 aromatic rings. The fourth-order valence-electron chi connectivity index (χ4n) is 0.798. The summed E-state index contributed by atoms with van der Waals surface area (Å²) < 4.78 is 9.19. The standard InChI is InChI=1S/C6H10O4/c1-4-3-9-6(8)10-5(4)2-7/h4-5,7H,2-3H2,1H3. The minimum Gasteiger partial charge on any atom is -0.434 e. The van der Waals surface area contributed by atoms with Crippen molar-refractivity contribution in [3.63, 3.8) is 0 Å². The van der Waals surface area contributed by atoms with E-state index in [0.29, 0.717) is 6.61 Å². The highest BCUT2D eigenvalue weighted by Gasteiger charge is 2.27. The van der Waals surface area contributed by atoms with Gasteiger partial charge in [-0.05, 0) is 0 Å². The molecule has 0 bridgehead atoms. The summed E-state index contributed by atoms with van der Waals surface area (Å²) in [6.07, 6.45) is -1.07. The Kier molecular flexibility index (Phi) is 2.11. The van der Waals surface area contributed by atoms with Crippen molar-refractivity contribution in [2.24, 2.45) is 5.92 Å². The molecular weight excluding hydrogens is 136 g/mol. The van der Waals surface area contributed by atoms with Crippen molar-refractivity contribution in [1.82, 2.24) is 0 Å². The maximum atomic E-state index is 10.4. The Morgan fingerprint density at radius 2 is 2.50 bits per heavy atom. The van der Waals surface area contributed by atoms with Gasteiger partial charge in [0.2, 0.25) is 0 Å². The van der Waals surface area contributed by atoms with Crippen molar-refractivity contribution in [1.29, 1.82) is 0 Å². The monoisotopic (exact) mass is 146 g/mol. The van der Waals surface area contributed by atoms with Gasteiger partial charge in [-0.2, -0.15) is 0 Å². The normalized spacial score (nSPS) is 32.8. The van der Waals surface area contributed by atoms with Crippen LogP contribution in [0.15, 0.2) is 0 Å². The molecule has 4 nitrogen and oxygen atoms in total. The summed E-state index contributed by atoms with van der Waals surface area (Å²) in [6, 6.07) is 0. The third-order valence-corrected chi connectivity index (χ3v) is 1.53. The molecule has 1 heterocycles. The Labute approximate surface area is 58.7 Å². The molecule has 0 aromatic heterocycles. The van der Waals surface area contributed by atoms with Crippen molar-refractivity contribution in [2.45, 2.75) is 13.0 Å². The third kappa shape index (κ3) is 1.39. The number of hydrogen-bond acceptors (Lipinski definition) is 4. The molecular formula is C6H10O4. The zero-order chi connectivity index (χ0) is 7.56. The number of carbonyl (C=O) groups excluding carboxylic acids is 1. The van der Waals surface area contributed by atoms with Crippen LogP contribution in [0.25, 0.3) is 0 Å².